The van der Waals surface area contributed by atoms with Crippen LogP contribution in [0.5, 0.6) is 0 Å². The van der Waals surface area contributed by atoms with Gasteiger partial charge in [-0.2, -0.15) is 5.26 Å². The average Bonchev–Trinajstić information content (AvgIpc) is 2.17. The Bertz CT molecular complexity index is 340. The van der Waals surface area contributed by atoms with E-state index in [1.807, 2.05) is 6.07 Å². The van der Waals surface area contributed by atoms with Gasteiger partial charge in [-0.15, -0.1) is 0 Å². The lowest BCUT2D eigenvalue weighted by Gasteiger charge is -2.11. The van der Waals surface area contributed by atoms with Crippen molar-refractivity contribution in [2.75, 3.05) is 12.3 Å². The van der Waals surface area contributed by atoms with Gasteiger partial charge >= 0.3 is 0 Å². The third-order valence-electron chi connectivity index (χ3n) is 1.87. The predicted molar refractivity (Wildman–Crippen MR) is 51.6 cm³/mol. The lowest BCUT2D eigenvalue weighted by atomic mass is 10.0. The van der Waals surface area contributed by atoms with Crippen molar-refractivity contribution in [3.8, 4) is 6.07 Å². The van der Waals surface area contributed by atoms with Crippen molar-refractivity contribution in [3.05, 3.63) is 29.3 Å². The van der Waals surface area contributed by atoms with Crippen LogP contribution in [-0.4, -0.2) is 6.54 Å². The minimum atomic E-state index is -0.298. The van der Waals surface area contributed by atoms with Crippen LogP contribution in [0.15, 0.2) is 18.2 Å². The highest BCUT2D eigenvalue weighted by Crippen LogP contribution is 2.19. The zero-order valence-corrected chi connectivity index (χ0v) is 7.20. The molecule has 0 aliphatic rings. The Kier molecular flexibility index (Phi) is 2.85. The highest BCUT2D eigenvalue weighted by atomic mass is 14.7. The number of nitrogen functional groups attached to an aromatic ring is 1. The van der Waals surface area contributed by atoms with Gasteiger partial charge in [0, 0.05) is 18.3 Å². The van der Waals surface area contributed by atoms with Crippen molar-refractivity contribution in [1.82, 2.24) is 0 Å². The molecule has 0 amide bonds. The molecule has 0 bridgehead atoms. The molecule has 1 rings (SSSR count). The third kappa shape index (κ3) is 1.96. The Morgan fingerprint density at radius 3 is 2.69 bits per heavy atom. The second-order valence-corrected chi connectivity index (χ2v) is 2.80. The van der Waals surface area contributed by atoms with E-state index in [0.29, 0.717) is 17.8 Å². The quantitative estimate of drug-likeness (QED) is 0.556. The van der Waals surface area contributed by atoms with Gasteiger partial charge in [0.1, 0.15) is 0 Å². The number of rotatable bonds is 2. The fourth-order valence-electron chi connectivity index (χ4n) is 1.09. The zero-order valence-electron chi connectivity index (χ0n) is 7.20. The van der Waals surface area contributed by atoms with Gasteiger partial charge in [-0.3, -0.25) is 0 Å². The van der Waals surface area contributed by atoms with Gasteiger partial charge in [-0.05, 0) is 23.8 Å². The Labute approximate surface area is 76.9 Å². The minimum absolute atomic E-state index is 0.298. The van der Waals surface area contributed by atoms with E-state index in [1.54, 1.807) is 18.2 Å². The minimum Gasteiger partial charge on any atom is -0.398 e. The molecule has 1 aromatic carbocycles. The number of nitrogens with two attached hydrogens (primary N) is 3. The molecule has 0 saturated heterocycles. The van der Waals surface area contributed by atoms with E-state index in [9.17, 15) is 0 Å². The maximum absolute atomic E-state index is 8.64. The molecular formula is C9H12N4. The summed E-state index contributed by atoms with van der Waals surface area (Å²) in [6.07, 6.45) is 0. The Morgan fingerprint density at radius 1 is 1.46 bits per heavy atom. The predicted octanol–water partition coefficient (Wildman–Crippen LogP) is 0.0990. The number of benzene rings is 1. The number of hydrogen-bond acceptors (Lipinski definition) is 4. The summed E-state index contributed by atoms with van der Waals surface area (Å²) in [5.74, 6) is 0. The second kappa shape index (κ2) is 3.90. The van der Waals surface area contributed by atoms with Crippen molar-refractivity contribution >= 4 is 5.69 Å². The van der Waals surface area contributed by atoms with Gasteiger partial charge < -0.3 is 17.2 Å². The first kappa shape index (κ1) is 9.52. The molecule has 6 N–H and O–H groups in total. The second-order valence-electron chi connectivity index (χ2n) is 2.80. The molecule has 0 radical (unpaired) electrons. The maximum atomic E-state index is 8.64. The first-order valence-corrected chi connectivity index (χ1v) is 3.94. The Hall–Kier alpha value is -1.57. The van der Waals surface area contributed by atoms with Crippen LogP contribution in [0, 0.1) is 11.3 Å². The molecule has 1 atom stereocenters. The Morgan fingerprint density at radius 2 is 2.15 bits per heavy atom. The van der Waals surface area contributed by atoms with Crippen LogP contribution in [0.2, 0.25) is 0 Å². The Balaban J connectivity index is 3.12. The lowest BCUT2D eigenvalue weighted by molar-refractivity contribution is 0.739. The van der Waals surface area contributed by atoms with Crippen molar-refractivity contribution in [1.29, 1.82) is 5.26 Å². The standard InChI is InChI=1S/C9H12N4/c10-4-6-1-2-8(12)7(3-6)9(13)5-11/h1-3,9H,5,11-13H2/t9-/m0/s1. The summed E-state index contributed by atoms with van der Waals surface area (Å²) in [7, 11) is 0. The van der Waals surface area contributed by atoms with Crippen LogP contribution in [0.1, 0.15) is 17.2 Å². The fourth-order valence-corrected chi connectivity index (χ4v) is 1.09. The van der Waals surface area contributed by atoms with Crippen LogP contribution in [0.4, 0.5) is 5.69 Å². The van der Waals surface area contributed by atoms with E-state index < -0.39 is 0 Å². The van der Waals surface area contributed by atoms with Crippen molar-refractivity contribution in [2.45, 2.75) is 6.04 Å². The molecule has 4 nitrogen and oxygen atoms in total. The van der Waals surface area contributed by atoms with E-state index in [-0.39, 0.29) is 6.04 Å². The summed E-state index contributed by atoms with van der Waals surface area (Å²) in [6, 6.07) is 6.72. The van der Waals surface area contributed by atoms with Crippen molar-refractivity contribution in [2.24, 2.45) is 11.5 Å². The SMILES string of the molecule is N#Cc1ccc(N)c([C@@H](N)CN)c1. The van der Waals surface area contributed by atoms with Crippen LogP contribution in [-0.2, 0) is 0 Å². The van der Waals surface area contributed by atoms with Crippen LogP contribution in [0.3, 0.4) is 0 Å². The summed E-state index contributed by atoms with van der Waals surface area (Å²) in [4.78, 5) is 0. The van der Waals surface area contributed by atoms with Gasteiger partial charge in [-0.25, -0.2) is 0 Å². The molecule has 0 spiro atoms. The summed E-state index contributed by atoms with van der Waals surface area (Å²) in [5.41, 5.74) is 18.6. The van der Waals surface area contributed by atoms with E-state index >= 15 is 0 Å². The first-order chi connectivity index (χ1) is 6.19. The molecule has 0 unspecified atom stereocenters. The summed E-state index contributed by atoms with van der Waals surface area (Å²) >= 11 is 0. The molecule has 0 saturated carbocycles. The van der Waals surface area contributed by atoms with Gasteiger partial charge in [-0.1, -0.05) is 0 Å². The third-order valence-corrected chi connectivity index (χ3v) is 1.87. The topological polar surface area (TPSA) is 102 Å². The number of anilines is 1. The van der Waals surface area contributed by atoms with E-state index in [1.165, 1.54) is 0 Å². The van der Waals surface area contributed by atoms with Crippen molar-refractivity contribution < 1.29 is 0 Å². The van der Waals surface area contributed by atoms with Crippen LogP contribution in [0.25, 0.3) is 0 Å². The molecule has 0 aliphatic heterocycles. The number of hydrogen-bond donors (Lipinski definition) is 3. The summed E-state index contributed by atoms with van der Waals surface area (Å²) < 4.78 is 0. The van der Waals surface area contributed by atoms with E-state index in [0.717, 1.165) is 5.56 Å². The molecule has 13 heavy (non-hydrogen) atoms. The van der Waals surface area contributed by atoms with Gasteiger partial charge in [0.2, 0.25) is 0 Å². The maximum Gasteiger partial charge on any atom is 0.0991 e. The molecule has 1 aromatic rings. The first-order valence-electron chi connectivity index (χ1n) is 3.94. The molecule has 0 heterocycles. The van der Waals surface area contributed by atoms with Crippen LogP contribution >= 0.6 is 0 Å². The number of nitriles is 1. The van der Waals surface area contributed by atoms with Crippen molar-refractivity contribution in [3.63, 3.8) is 0 Å². The molecule has 4 heteroatoms. The van der Waals surface area contributed by atoms with Gasteiger partial charge in [0.25, 0.3) is 0 Å². The lowest BCUT2D eigenvalue weighted by Crippen LogP contribution is -2.21. The molecule has 0 fully saturated rings. The highest BCUT2D eigenvalue weighted by molar-refractivity contribution is 5.52. The average molecular weight is 176 g/mol. The van der Waals surface area contributed by atoms with Crippen LogP contribution < -0.4 is 17.2 Å². The zero-order chi connectivity index (χ0) is 9.84. The summed E-state index contributed by atoms with van der Waals surface area (Å²) in [5, 5.41) is 8.64. The largest absolute Gasteiger partial charge is 0.398 e. The molecule has 0 aromatic heterocycles. The normalized spacial score (nSPS) is 12.1. The monoisotopic (exact) mass is 176 g/mol. The van der Waals surface area contributed by atoms with E-state index in [4.69, 9.17) is 22.5 Å². The smallest absolute Gasteiger partial charge is 0.0991 e. The van der Waals surface area contributed by atoms with E-state index in [2.05, 4.69) is 0 Å². The fraction of sp³-hybridized carbons (Fsp3) is 0.222. The molecule has 0 aliphatic carbocycles. The highest BCUT2D eigenvalue weighted by Gasteiger charge is 2.08. The summed E-state index contributed by atoms with van der Waals surface area (Å²) in [6.45, 7) is 0.319. The molecule has 68 valence electrons. The molecular weight excluding hydrogens is 164 g/mol. The number of nitrogens with zero attached hydrogens (tertiary/aromatic N) is 1. The van der Waals surface area contributed by atoms with Gasteiger partial charge in [0.15, 0.2) is 0 Å². The van der Waals surface area contributed by atoms with Gasteiger partial charge in [0.05, 0.1) is 11.6 Å².